The number of benzene rings is 2. The van der Waals surface area contributed by atoms with Gasteiger partial charge in [0.15, 0.2) is 0 Å². The van der Waals surface area contributed by atoms with Crippen LogP contribution in [0.2, 0.25) is 5.02 Å². The second-order valence-electron chi connectivity index (χ2n) is 5.84. The van der Waals surface area contributed by atoms with Crippen LogP contribution in [-0.2, 0) is 19.6 Å². The predicted octanol–water partition coefficient (Wildman–Crippen LogP) is 2.27. The first-order valence-corrected chi connectivity index (χ1v) is 10.1. The minimum absolute atomic E-state index is 0.0279. The number of halogens is 1. The minimum atomic E-state index is -3.74. The number of morpholine rings is 1. The third-order valence-corrected chi connectivity index (χ3v) is 6.29. The SMILES string of the molecule is CNC(=O)[C@H]1CN(S(=O)(=O)c2ccc(Oc3ccccc3Cl)cc2)CCO1. The number of nitrogens with one attached hydrogen (secondary N) is 1. The molecule has 1 heterocycles. The van der Waals surface area contributed by atoms with Crippen molar-refractivity contribution in [1.29, 1.82) is 0 Å². The van der Waals surface area contributed by atoms with Crippen LogP contribution < -0.4 is 10.1 Å². The fraction of sp³-hybridized carbons (Fsp3) is 0.278. The number of amides is 1. The van der Waals surface area contributed by atoms with Crippen LogP contribution >= 0.6 is 11.6 Å². The first-order chi connectivity index (χ1) is 12.9. The Hall–Kier alpha value is -2.13. The summed E-state index contributed by atoms with van der Waals surface area (Å²) in [5.74, 6) is 0.599. The molecule has 0 aromatic heterocycles. The molecule has 1 atom stereocenters. The van der Waals surface area contributed by atoms with Crippen LogP contribution in [0.15, 0.2) is 53.4 Å². The van der Waals surface area contributed by atoms with Gasteiger partial charge in [0, 0.05) is 20.1 Å². The van der Waals surface area contributed by atoms with Gasteiger partial charge in [-0.3, -0.25) is 4.79 Å². The molecule has 3 rings (SSSR count). The van der Waals surface area contributed by atoms with Crippen LogP contribution in [0.3, 0.4) is 0 Å². The summed E-state index contributed by atoms with van der Waals surface area (Å²) in [6.07, 6.45) is -0.818. The quantitative estimate of drug-likeness (QED) is 0.817. The molecule has 144 valence electrons. The van der Waals surface area contributed by atoms with E-state index in [4.69, 9.17) is 21.1 Å². The van der Waals surface area contributed by atoms with E-state index in [2.05, 4.69) is 5.32 Å². The molecular weight excluding hydrogens is 392 g/mol. The van der Waals surface area contributed by atoms with Gasteiger partial charge in [0.25, 0.3) is 0 Å². The summed E-state index contributed by atoms with van der Waals surface area (Å²) in [7, 11) is -2.26. The summed E-state index contributed by atoms with van der Waals surface area (Å²) >= 11 is 6.06. The highest BCUT2D eigenvalue weighted by Crippen LogP contribution is 2.30. The van der Waals surface area contributed by atoms with E-state index in [1.807, 2.05) is 0 Å². The molecule has 0 spiro atoms. The van der Waals surface area contributed by atoms with Gasteiger partial charge < -0.3 is 14.8 Å². The maximum absolute atomic E-state index is 12.8. The smallest absolute Gasteiger partial charge is 0.250 e. The van der Waals surface area contributed by atoms with E-state index in [-0.39, 0.29) is 30.5 Å². The Kier molecular flexibility index (Phi) is 6.01. The first kappa shape index (κ1) is 19.6. The summed E-state index contributed by atoms with van der Waals surface area (Å²) in [5, 5.41) is 2.93. The van der Waals surface area contributed by atoms with Crippen molar-refractivity contribution in [2.75, 3.05) is 26.7 Å². The van der Waals surface area contributed by atoms with Crippen LogP contribution in [0, 0.1) is 0 Å². The Morgan fingerprint density at radius 3 is 2.59 bits per heavy atom. The number of hydrogen-bond acceptors (Lipinski definition) is 5. The molecule has 0 bridgehead atoms. The fourth-order valence-electron chi connectivity index (χ4n) is 2.65. The van der Waals surface area contributed by atoms with Gasteiger partial charge in [0.1, 0.15) is 17.6 Å². The molecule has 0 unspecified atom stereocenters. The topological polar surface area (TPSA) is 84.9 Å². The molecule has 1 aliphatic heterocycles. The van der Waals surface area contributed by atoms with Crippen molar-refractivity contribution in [2.45, 2.75) is 11.0 Å². The van der Waals surface area contributed by atoms with E-state index in [9.17, 15) is 13.2 Å². The molecule has 1 amide bonds. The molecule has 27 heavy (non-hydrogen) atoms. The molecular formula is C18H19ClN2O5S. The van der Waals surface area contributed by atoms with Gasteiger partial charge in [-0.25, -0.2) is 8.42 Å². The zero-order chi connectivity index (χ0) is 19.4. The van der Waals surface area contributed by atoms with E-state index >= 15 is 0 Å². The first-order valence-electron chi connectivity index (χ1n) is 8.27. The van der Waals surface area contributed by atoms with Crippen molar-refractivity contribution in [3.05, 3.63) is 53.6 Å². The minimum Gasteiger partial charge on any atom is -0.456 e. The summed E-state index contributed by atoms with van der Waals surface area (Å²) in [5.41, 5.74) is 0. The lowest BCUT2D eigenvalue weighted by molar-refractivity contribution is -0.135. The van der Waals surface area contributed by atoms with Gasteiger partial charge in [0.05, 0.1) is 16.5 Å². The zero-order valence-electron chi connectivity index (χ0n) is 14.6. The molecule has 2 aromatic rings. The summed E-state index contributed by atoms with van der Waals surface area (Å²) in [4.78, 5) is 11.9. The van der Waals surface area contributed by atoms with Crippen molar-refractivity contribution < 1.29 is 22.7 Å². The second kappa shape index (κ2) is 8.26. The number of hydrogen-bond donors (Lipinski definition) is 1. The molecule has 1 fully saturated rings. The average Bonchev–Trinajstić information content (AvgIpc) is 2.69. The molecule has 0 radical (unpaired) electrons. The Morgan fingerprint density at radius 2 is 1.93 bits per heavy atom. The van der Waals surface area contributed by atoms with Crippen LogP contribution in [0.4, 0.5) is 0 Å². The maximum atomic E-state index is 12.8. The highest BCUT2D eigenvalue weighted by molar-refractivity contribution is 7.89. The lowest BCUT2D eigenvalue weighted by atomic mass is 10.3. The van der Waals surface area contributed by atoms with E-state index in [0.29, 0.717) is 16.5 Å². The van der Waals surface area contributed by atoms with Crippen molar-refractivity contribution in [2.24, 2.45) is 0 Å². The van der Waals surface area contributed by atoms with Crippen LogP contribution in [0.1, 0.15) is 0 Å². The Morgan fingerprint density at radius 1 is 1.22 bits per heavy atom. The summed E-state index contributed by atoms with van der Waals surface area (Å²) < 4.78 is 37.9. The third-order valence-electron chi connectivity index (χ3n) is 4.09. The van der Waals surface area contributed by atoms with Gasteiger partial charge in [-0.1, -0.05) is 23.7 Å². The van der Waals surface area contributed by atoms with Gasteiger partial charge >= 0.3 is 0 Å². The number of sulfonamides is 1. The van der Waals surface area contributed by atoms with Gasteiger partial charge in [-0.2, -0.15) is 4.31 Å². The number of likely N-dealkylation sites (N-methyl/N-ethyl adjacent to an activating group) is 1. The predicted molar refractivity (Wildman–Crippen MR) is 101 cm³/mol. The zero-order valence-corrected chi connectivity index (χ0v) is 16.2. The van der Waals surface area contributed by atoms with Gasteiger partial charge in [0.2, 0.25) is 15.9 Å². The fourth-order valence-corrected chi connectivity index (χ4v) is 4.25. The Bertz CT molecular complexity index is 918. The van der Waals surface area contributed by atoms with E-state index < -0.39 is 16.1 Å². The molecule has 7 nitrogen and oxygen atoms in total. The van der Waals surface area contributed by atoms with E-state index in [1.165, 1.54) is 23.5 Å². The average molecular weight is 411 g/mol. The lowest BCUT2D eigenvalue weighted by Crippen LogP contribution is -2.50. The third kappa shape index (κ3) is 4.41. The molecule has 0 aliphatic carbocycles. The van der Waals surface area contributed by atoms with Gasteiger partial charge in [-0.05, 0) is 36.4 Å². The van der Waals surface area contributed by atoms with Crippen molar-refractivity contribution in [1.82, 2.24) is 9.62 Å². The maximum Gasteiger partial charge on any atom is 0.250 e. The number of rotatable bonds is 5. The molecule has 1 N–H and O–H groups in total. The van der Waals surface area contributed by atoms with Crippen LogP contribution in [0.5, 0.6) is 11.5 Å². The largest absolute Gasteiger partial charge is 0.456 e. The number of nitrogens with zero attached hydrogens (tertiary/aromatic N) is 1. The summed E-state index contributed by atoms with van der Waals surface area (Å²) in [6, 6.07) is 13.1. The molecule has 9 heteroatoms. The van der Waals surface area contributed by atoms with E-state index in [1.54, 1.807) is 36.4 Å². The Labute approximate surface area is 162 Å². The number of para-hydroxylation sites is 1. The molecule has 0 saturated carbocycles. The van der Waals surface area contributed by atoms with E-state index in [0.717, 1.165) is 0 Å². The highest BCUT2D eigenvalue weighted by Gasteiger charge is 2.33. The number of carbonyl (C=O) groups is 1. The molecule has 1 saturated heterocycles. The van der Waals surface area contributed by atoms with Crippen molar-refractivity contribution >= 4 is 27.5 Å². The number of carbonyl (C=O) groups excluding carboxylic acids is 1. The monoisotopic (exact) mass is 410 g/mol. The highest BCUT2D eigenvalue weighted by atomic mass is 35.5. The lowest BCUT2D eigenvalue weighted by Gasteiger charge is -2.31. The van der Waals surface area contributed by atoms with Crippen LogP contribution in [-0.4, -0.2) is 51.5 Å². The van der Waals surface area contributed by atoms with Crippen LogP contribution in [0.25, 0.3) is 0 Å². The Balaban J connectivity index is 1.75. The molecule has 1 aliphatic rings. The normalized spacial score (nSPS) is 18.1. The van der Waals surface area contributed by atoms with Gasteiger partial charge in [-0.15, -0.1) is 0 Å². The summed E-state index contributed by atoms with van der Waals surface area (Å²) in [6.45, 7) is 0.318. The van der Waals surface area contributed by atoms with Crippen molar-refractivity contribution in [3.63, 3.8) is 0 Å². The standard InChI is InChI=1S/C18H19ClN2O5S/c1-20-18(22)17-12-21(10-11-25-17)27(23,24)14-8-6-13(7-9-14)26-16-5-3-2-4-15(16)19/h2-9,17H,10-12H2,1H3,(H,20,22)/t17-/m1/s1. The number of ether oxygens (including phenoxy) is 2. The molecule has 2 aromatic carbocycles. The second-order valence-corrected chi connectivity index (χ2v) is 8.19. The van der Waals surface area contributed by atoms with Crippen molar-refractivity contribution in [3.8, 4) is 11.5 Å².